The lowest BCUT2D eigenvalue weighted by Gasteiger charge is -2.27. The van der Waals surface area contributed by atoms with Crippen LogP contribution in [0.3, 0.4) is 0 Å². The Bertz CT molecular complexity index is 279. The molecule has 0 aliphatic carbocycles. The Hall–Kier alpha value is -1.10. The fourth-order valence-electron chi connectivity index (χ4n) is 1.94. The number of carbonyl (C=O) groups is 2. The molecule has 140 valence electrons. The summed E-state index contributed by atoms with van der Waals surface area (Å²) in [7, 11) is 3.84. The number of likely N-dealkylation sites (N-methyl/N-ethyl adjacent to an activating group) is 1. The van der Waals surface area contributed by atoms with E-state index in [4.69, 9.17) is 5.11 Å². The van der Waals surface area contributed by atoms with Gasteiger partial charge >= 0.3 is 5.97 Å². The van der Waals surface area contributed by atoms with E-state index in [0.717, 1.165) is 45.2 Å². The van der Waals surface area contributed by atoms with Gasteiger partial charge < -0.3 is 14.9 Å². The first-order valence-corrected chi connectivity index (χ1v) is 9.18. The van der Waals surface area contributed by atoms with E-state index >= 15 is 0 Å². The van der Waals surface area contributed by atoms with Gasteiger partial charge in [0, 0.05) is 13.0 Å². The molecule has 0 aromatic heterocycles. The van der Waals surface area contributed by atoms with Crippen LogP contribution < -0.4 is 5.32 Å². The van der Waals surface area contributed by atoms with Crippen molar-refractivity contribution in [2.45, 2.75) is 73.1 Å². The fraction of sp³-hybridized carbons (Fsp3) is 0.889. The number of carboxylic acids is 1. The van der Waals surface area contributed by atoms with Gasteiger partial charge in [-0.3, -0.25) is 4.79 Å². The van der Waals surface area contributed by atoms with Gasteiger partial charge in [0.25, 0.3) is 0 Å². The van der Waals surface area contributed by atoms with Crippen molar-refractivity contribution in [2.24, 2.45) is 0 Å². The van der Waals surface area contributed by atoms with Crippen molar-refractivity contribution in [1.82, 2.24) is 5.32 Å². The summed E-state index contributed by atoms with van der Waals surface area (Å²) in [4.78, 5) is 22.1. The van der Waals surface area contributed by atoms with Crippen LogP contribution in [0.1, 0.15) is 73.1 Å². The number of quaternary nitrogens is 1. The quantitative estimate of drug-likeness (QED) is 0.448. The van der Waals surface area contributed by atoms with Gasteiger partial charge in [0.1, 0.15) is 0 Å². The summed E-state index contributed by atoms with van der Waals surface area (Å²) < 4.78 is 0.498. The number of nitrogens with zero attached hydrogens (tertiary/aromatic N) is 1. The molecule has 0 spiro atoms. The lowest BCUT2D eigenvalue weighted by atomic mass is 10.1. The molecule has 0 saturated heterocycles. The average Bonchev–Trinajstić information content (AvgIpc) is 2.50. The first-order valence-electron chi connectivity index (χ1n) is 9.18. The Labute approximate surface area is 144 Å². The zero-order valence-electron chi connectivity index (χ0n) is 16.6. The van der Waals surface area contributed by atoms with E-state index in [1.54, 1.807) is 0 Å². The molecule has 0 rings (SSSR count). The van der Waals surface area contributed by atoms with Gasteiger partial charge in [-0.2, -0.15) is 0 Å². The second-order valence-electron chi connectivity index (χ2n) is 5.73. The topological polar surface area (TPSA) is 66.4 Å². The normalized spacial score (nSPS) is 9.87. The summed E-state index contributed by atoms with van der Waals surface area (Å²) in [6.45, 7) is 11.9. The predicted molar refractivity (Wildman–Crippen MR) is 98.6 cm³/mol. The summed E-state index contributed by atoms with van der Waals surface area (Å²) >= 11 is 0. The number of carboxylic acid groups (broad SMARTS) is 1. The van der Waals surface area contributed by atoms with Gasteiger partial charge in [-0.05, 0) is 25.7 Å². The number of unbranched alkanes of at least 4 members (excludes halogenated alkanes) is 3. The Morgan fingerprint density at radius 1 is 0.957 bits per heavy atom. The van der Waals surface area contributed by atoms with E-state index in [-0.39, 0.29) is 12.5 Å². The van der Waals surface area contributed by atoms with Crippen LogP contribution in [-0.4, -0.2) is 55.2 Å². The molecule has 23 heavy (non-hydrogen) atoms. The largest absolute Gasteiger partial charge is 0.477 e. The number of hydrogen-bond acceptors (Lipinski definition) is 2. The van der Waals surface area contributed by atoms with Crippen molar-refractivity contribution >= 4 is 11.9 Å². The van der Waals surface area contributed by atoms with Crippen LogP contribution in [0.15, 0.2) is 0 Å². The van der Waals surface area contributed by atoms with E-state index in [0.29, 0.717) is 10.9 Å². The summed E-state index contributed by atoms with van der Waals surface area (Å²) in [6.07, 6.45) is 5.52. The smallest absolute Gasteiger partial charge is 0.359 e. The van der Waals surface area contributed by atoms with Crippen LogP contribution in [0, 0.1) is 0 Å². The summed E-state index contributed by atoms with van der Waals surface area (Å²) in [5.41, 5.74) is 0. The average molecular weight is 334 g/mol. The zero-order chi connectivity index (χ0) is 18.7. The Morgan fingerprint density at radius 3 is 2.00 bits per heavy atom. The molecule has 0 fully saturated rings. The van der Waals surface area contributed by atoms with Gasteiger partial charge in [0.05, 0.1) is 20.6 Å². The van der Waals surface area contributed by atoms with Gasteiger partial charge in [-0.25, -0.2) is 4.79 Å². The molecule has 0 unspecified atom stereocenters. The van der Waals surface area contributed by atoms with Crippen molar-refractivity contribution in [1.29, 1.82) is 0 Å². The van der Waals surface area contributed by atoms with E-state index < -0.39 is 5.97 Å². The summed E-state index contributed by atoms with van der Waals surface area (Å²) in [5, 5.41) is 11.7. The summed E-state index contributed by atoms with van der Waals surface area (Å²) in [5.74, 6) is -0.631. The SMILES string of the molecule is CC.CC.CCCCNC(=O)CCCCC[N+](C)(C)CC(=O)O. The highest BCUT2D eigenvalue weighted by molar-refractivity contribution is 5.75. The minimum Gasteiger partial charge on any atom is -0.477 e. The zero-order valence-corrected chi connectivity index (χ0v) is 16.6. The molecular formula is C18H41N2O3+. The lowest BCUT2D eigenvalue weighted by molar-refractivity contribution is -0.883. The van der Waals surface area contributed by atoms with Crippen LogP contribution in [0.4, 0.5) is 0 Å². The third-order valence-corrected chi connectivity index (χ3v) is 3.08. The van der Waals surface area contributed by atoms with E-state index in [1.807, 2.05) is 41.8 Å². The van der Waals surface area contributed by atoms with Crippen LogP contribution in [0.5, 0.6) is 0 Å². The van der Waals surface area contributed by atoms with Crippen LogP contribution >= 0.6 is 0 Å². The van der Waals surface area contributed by atoms with Crippen molar-refractivity contribution in [3.63, 3.8) is 0 Å². The number of hydrogen-bond donors (Lipinski definition) is 2. The van der Waals surface area contributed by atoms with Crippen molar-refractivity contribution in [3.05, 3.63) is 0 Å². The highest BCUT2D eigenvalue weighted by Gasteiger charge is 2.18. The first kappa shape index (κ1) is 26.8. The van der Waals surface area contributed by atoms with Gasteiger partial charge in [0.2, 0.25) is 5.91 Å². The molecule has 0 atom stereocenters. The maximum absolute atomic E-state index is 11.4. The molecule has 5 nitrogen and oxygen atoms in total. The second-order valence-corrected chi connectivity index (χ2v) is 5.73. The third kappa shape index (κ3) is 23.3. The fourth-order valence-corrected chi connectivity index (χ4v) is 1.94. The number of carbonyl (C=O) groups excluding carboxylic acids is 1. The van der Waals surface area contributed by atoms with E-state index in [2.05, 4.69) is 12.2 Å². The number of rotatable bonds is 11. The number of nitrogens with one attached hydrogen (secondary N) is 1. The van der Waals surface area contributed by atoms with Crippen molar-refractivity contribution in [2.75, 3.05) is 33.7 Å². The minimum absolute atomic E-state index is 0.132. The first-order chi connectivity index (χ1) is 10.9. The van der Waals surface area contributed by atoms with Crippen molar-refractivity contribution in [3.8, 4) is 0 Å². The molecular weight excluding hydrogens is 292 g/mol. The van der Waals surface area contributed by atoms with Crippen molar-refractivity contribution < 1.29 is 19.2 Å². The highest BCUT2D eigenvalue weighted by atomic mass is 16.4. The van der Waals surface area contributed by atoms with Crippen LogP contribution in [-0.2, 0) is 9.59 Å². The molecule has 0 heterocycles. The second kappa shape index (κ2) is 18.9. The molecule has 0 aliphatic heterocycles. The van der Waals surface area contributed by atoms with Gasteiger partial charge in [-0.15, -0.1) is 0 Å². The van der Waals surface area contributed by atoms with Gasteiger partial charge in [0.15, 0.2) is 6.54 Å². The molecule has 2 N–H and O–H groups in total. The monoisotopic (exact) mass is 333 g/mol. The Morgan fingerprint density at radius 2 is 1.52 bits per heavy atom. The number of aliphatic carboxylic acids is 1. The summed E-state index contributed by atoms with van der Waals surface area (Å²) in [6, 6.07) is 0. The molecule has 0 bridgehead atoms. The molecule has 0 aromatic rings. The standard InChI is InChI=1S/C14H28N2O3.2C2H6/c1-4-5-10-15-13(17)9-7-6-8-11-16(2,3)12-14(18)19;2*1-2/h4-12H2,1-3H3,(H-,15,17,18,19);2*1-2H3/p+1. The van der Waals surface area contributed by atoms with E-state index in [9.17, 15) is 9.59 Å². The maximum Gasteiger partial charge on any atom is 0.359 e. The van der Waals surface area contributed by atoms with E-state index in [1.165, 1.54) is 0 Å². The maximum atomic E-state index is 11.4. The van der Waals surface area contributed by atoms with Gasteiger partial charge in [-0.1, -0.05) is 41.0 Å². The Balaban J connectivity index is -0.000000919. The molecule has 0 saturated carbocycles. The molecule has 5 heteroatoms. The highest BCUT2D eigenvalue weighted by Crippen LogP contribution is 2.05. The molecule has 0 radical (unpaired) electrons. The van der Waals surface area contributed by atoms with Crippen LogP contribution in [0.25, 0.3) is 0 Å². The third-order valence-electron chi connectivity index (χ3n) is 3.08. The lowest BCUT2D eigenvalue weighted by Crippen LogP contribution is -2.44. The molecule has 1 amide bonds. The minimum atomic E-state index is -0.764. The predicted octanol–water partition coefficient (Wildman–Crippen LogP) is 3.68. The number of amides is 1. The molecule has 0 aliphatic rings. The molecule has 0 aromatic carbocycles. The van der Waals surface area contributed by atoms with Crippen LogP contribution in [0.2, 0.25) is 0 Å². The Kier molecular flexibility index (Phi) is 22.1.